The molecule has 0 aromatic carbocycles. The van der Waals surface area contributed by atoms with E-state index >= 15 is 0 Å². The van der Waals surface area contributed by atoms with Crippen LogP contribution in [0, 0.1) is 5.92 Å². The van der Waals surface area contributed by atoms with Crippen molar-refractivity contribution < 1.29 is 0 Å². The lowest BCUT2D eigenvalue weighted by atomic mass is 10.0. The van der Waals surface area contributed by atoms with E-state index in [1.807, 2.05) is 11.3 Å². The third kappa shape index (κ3) is 5.53. The predicted molar refractivity (Wildman–Crippen MR) is 83.3 cm³/mol. The summed E-state index contributed by atoms with van der Waals surface area (Å²) in [7, 11) is 0. The Balaban J connectivity index is 2.37. The zero-order valence-corrected chi connectivity index (χ0v) is 13.2. The van der Waals surface area contributed by atoms with Crippen LogP contribution in [0.2, 0.25) is 0 Å². The second-order valence-corrected chi connectivity index (χ2v) is 6.63. The summed E-state index contributed by atoms with van der Waals surface area (Å²) in [5.41, 5.74) is 0. The van der Waals surface area contributed by atoms with Gasteiger partial charge in [0.05, 0.1) is 0 Å². The standard InChI is InChI=1S/C16H29NS/c1-5-6-7-8-10-14(4)17-16(13(2)3)15-11-9-12-18-15/h9,11-14,16-17H,5-8,10H2,1-4H3. The zero-order chi connectivity index (χ0) is 13.4. The van der Waals surface area contributed by atoms with Crippen molar-refractivity contribution in [2.75, 3.05) is 0 Å². The maximum absolute atomic E-state index is 3.81. The molecule has 0 aliphatic rings. The molecule has 1 rings (SSSR count). The third-order valence-corrected chi connectivity index (χ3v) is 4.43. The molecule has 0 radical (unpaired) electrons. The van der Waals surface area contributed by atoms with Crippen LogP contribution in [0.1, 0.15) is 70.7 Å². The van der Waals surface area contributed by atoms with Crippen molar-refractivity contribution >= 4 is 11.3 Å². The predicted octanol–water partition coefficient (Wildman–Crippen LogP) is 5.39. The Morgan fingerprint density at radius 3 is 2.50 bits per heavy atom. The van der Waals surface area contributed by atoms with Crippen molar-refractivity contribution in [2.24, 2.45) is 5.92 Å². The summed E-state index contributed by atoms with van der Waals surface area (Å²) in [6, 6.07) is 5.55. The topological polar surface area (TPSA) is 12.0 Å². The number of unbranched alkanes of at least 4 members (excludes halogenated alkanes) is 3. The lowest BCUT2D eigenvalue weighted by Crippen LogP contribution is -2.33. The van der Waals surface area contributed by atoms with E-state index in [1.165, 1.54) is 37.0 Å². The van der Waals surface area contributed by atoms with Gasteiger partial charge in [-0.05, 0) is 30.7 Å². The molecule has 1 heterocycles. The molecular formula is C16H29NS. The largest absolute Gasteiger partial charge is 0.307 e. The third-order valence-electron chi connectivity index (χ3n) is 3.47. The Kier molecular flexibility index (Phi) is 7.60. The fraction of sp³-hybridized carbons (Fsp3) is 0.750. The van der Waals surface area contributed by atoms with E-state index in [9.17, 15) is 0 Å². The average Bonchev–Trinajstić information content (AvgIpc) is 2.85. The summed E-state index contributed by atoms with van der Waals surface area (Å²) >= 11 is 1.87. The molecule has 18 heavy (non-hydrogen) atoms. The average molecular weight is 267 g/mol. The Bertz CT molecular complexity index is 292. The van der Waals surface area contributed by atoms with Crippen LogP contribution in [0.4, 0.5) is 0 Å². The minimum absolute atomic E-state index is 0.520. The first-order chi connectivity index (χ1) is 8.65. The lowest BCUT2D eigenvalue weighted by molar-refractivity contribution is 0.357. The van der Waals surface area contributed by atoms with Gasteiger partial charge in [-0.1, -0.05) is 52.5 Å². The number of hydrogen-bond acceptors (Lipinski definition) is 2. The van der Waals surface area contributed by atoms with Crippen molar-refractivity contribution in [2.45, 2.75) is 71.9 Å². The molecule has 0 saturated heterocycles. The Labute approximate surface area is 117 Å². The minimum Gasteiger partial charge on any atom is -0.307 e. The summed E-state index contributed by atoms with van der Waals surface area (Å²) in [6.45, 7) is 9.21. The fourth-order valence-corrected chi connectivity index (χ4v) is 3.30. The van der Waals surface area contributed by atoms with E-state index in [0.717, 1.165) is 0 Å². The number of hydrogen-bond donors (Lipinski definition) is 1. The van der Waals surface area contributed by atoms with Crippen LogP contribution in [-0.2, 0) is 0 Å². The first kappa shape index (κ1) is 15.7. The summed E-state index contributed by atoms with van der Waals surface area (Å²) < 4.78 is 0. The van der Waals surface area contributed by atoms with Crippen LogP contribution in [0.5, 0.6) is 0 Å². The summed E-state index contributed by atoms with van der Waals surface area (Å²) in [4.78, 5) is 1.48. The fourth-order valence-electron chi connectivity index (χ4n) is 2.34. The number of thiophene rings is 1. The molecule has 0 saturated carbocycles. The molecule has 0 fully saturated rings. The highest BCUT2D eigenvalue weighted by molar-refractivity contribution is 7.10. The smallest absolute Gasteiger partial charge is 0.0440 e. The highest BCUT2D eigenvalue weighted by atomic mass is 32.1. The van der Waals surface area contributed by atoms with Gasteiger partial charge in [0.2, 0.25) is 0 Å². The van der Waals surface area contributed by atoms with Crippen LogP contribution in [0.15, 0.2) is 17.5 Å². The first-order valence-electron chi connectivity index (χ1n) is 7.44. The normalized spacial score (nSPS) is 14.9. The van der Waals surface area contributed by atoms with E-state index in [0.29, 0.717) is 18.0 Å². The molecule has 0 amide bonds. The van der Waals surface area contributed by atoms with Gasteiger partial charge in [-0.25, -0.2) is 0 Å². The van der Waals surface area contributed by atoms with E-state index in [4.69, 9.17) is 0 Å². The zero-order valence-electron chi connectivity index (χ0n) is 12.4. The Morgan fingerprint density at radius 1 is 1.17 bits per heavy atom. The van der Waals surface area contributed by atoms with Crippen molar-refractivity contribution in [3.8, 4) is 0 Å². The maximum atomic E-state index is 3.81. The molecule has 1 nitrogen and oxygen atoms in total. The summed E-state index contributed by atoms with van der Waals surface area (Å²) in [5.74, 6) is 0.654. The quantitative estimate of drug-likeness (QED) is 0.591. The number of nitrogens with one attached hydrogen (secondary N) is 1. The van der Waals surface area contributed by atoms with Crippen molar-refractivity contribution in [1.29, 1.82) is 0 Å². The van der Waals surface area contributed by atoms with Crippen molar-refractivity contribution in [1.82, 2.24) is 5.32 Å². The van der Waals surface area contributed by atoms with Crippen LogP contribution in [-0.4, -0.2) is 6.04 Å². The second kappa shape index (κ2) is 8.71. The van der Waals surface area contributed by atoms with Crippen molar-refractivity contribution in [3.63, 3.8) is 0 Å². The molecule has 2 unspecified atom stereocenters. The Morgan fingerprint density at radius 2 is 1.94 bits per heavy atom. The van der Waals surface area contributed by atoms with Gasteiger partial charge in [0.15, 0.2) is 0 Å². The maximum Gasteiger partial charge on any atom is 0.0440 e. The summed E-state index contributed by atoms with van der Waals surface area (Å²) in [5, 5.41) is 5.99. The molecule has 2 heteroatoms. The van der Waals surface area contributed by atoms with Gasteiger partial charge in [0.25, 0.3) is 0 Å². The van der Waals surface area contributed by atoms with Crippen LogP contribution >= 0.6 is 11.3 Å². The molecule has 1 aromatic rings. The van der Waals surface area contributed by atoms with E-state index in [-0.39, 0.29) is 0 Å². The van der Waals surface area contributed by atoms with Gasteiger partial charge in [0.1, 0.15) is 0 Å². The highest BCUT2D eigenvalue weighted by Gasteiger charge is 2.18. The second-order valence-electron chi connectivity index (χ2n) is 5.65. The molecule has 0 aliphatic carbocycles. The van der Waals surface area contributed by atoms with E-state index in [2.05, 4.69) is 50.5 Å². The summed E-state index contributed by atoms with van der Waals surface area (Å²) in [6.07, 6.45) is 6.75. The molecular weight excluding hydrogens is 238 g/mol. The molecule has 1 aromatic heterocycles. The monoisotopic (exact) mass is 267 g/mol. The molecule has 2 atom stereocenters. The molecule has 0 bridgehead atoms. The van der Waals surface area contributed by atoms with Gasteiger partial charge in [-0.2, -0.15) is 0 Å². The SMILES string of the molecule is CCCCCCC(C)NC(c1cccs1)C(C)C. The van der Waals surface area contributed by atoms with Crippen LogP contribution in [0.25, 0.3) is 0 Å². The first-order valence-corrected chi connectivity index (χ1v) is 8.32. The molecule has 0 aliphatic heterocycles. The molecule has 104 valence electrons. The Hall–Kier alpha value is -0.340. The van der Waals surface area contributed by atoms with E-state index < -0.39 is 0 Å². The van der Waals surface area contributed by atoms with E-state index in [1.54, 1.807) is 0 Å². The van der Waals surface area contributed by atoms with Crippen LogP contribution in [0.3, 0.4) is 0 Å². The highest BCUT2D eigenvalue weighted by Crippen LogP contribution is 2.26. The van der Waals surface area contributed by atoms with Gasteiger partial charge in [-0.3, -0.25) is 0 Å². The minimum atomic E-state index is 0.520. The number of rotatable bonds is 9. The van der Waals surface area contributed by atoms with Crippen molar-refractivity contribution in [3.05, 3.63) is 22.4 Å². The van der Waals surface area contributed by atoms with Gasteiger partial charge >= 0.3 is 0 Å². The molecule has 1 N–H and O–H groups in total. The lowest BCUT2D eigenvalue weighted by Gasteiger charge is -2.25. The van der Waals surface area contributed by atoms with Gasteiger partial charge < -0.3 is 5.32 Å². The van der Waals surface area contributed by atoms with Crippen LogP contribution < -0.4 is 5.32 Å². The van der Waals surface area contributed by atoms with Gasteiger partial charge in [0, 0.05) is 17.0 Å². The molecule has 0 spiro atoms. The van der Waals surface area contributed by atoms with Gasteiger partial charge in [-0.15, -0.1) is 11.3 Å².